The van der Waals surface area contributed by atoms with E-state index in [2.05, 4.69) is 0 Å². The van der Waals surface area contributed by atoms with E-state index < -0.39 is 0 Å². The number of ether oxygens (including phenoxy) is 1. The molecule has 1 aliphatic rings. The Hall–Kier alpha value is -1.22. The minimum atomic E-state index is -0.287. The van der Waals surface area contributed by atoms with Gasteiger partial charge in [-0.1, -0.05) is 18.2 Å². The van der Waals surface area contributed by atoms with Crippen molar-refractivity contribution in [1.82, 2.24) is 0 Å². The highest BCUT2D eigenvalue weighted by Crippen LogP contribution is 2.18. The Morgan fingerprint density at radius 2 is 2.22 bits per heavy atom. The monoisotopic (exact) mass is 250 g/mol. The quantitative estimate of drug-likeness (QED) is 0.774. The van der Waals surface area contributed by atoms with Crippen LogP contribution >= 0.6 is 0 Å². The number of hydrogen-bond acceptors (Lipinski definition) is 2. The van der Waals surface area contributed by atoms with Gasteiger partial charge in [-0.25, -0.2) is 4.39 Å². The van der Waals surface area contributed by atoms with Crippen LogP contribution in [0.2, 0.25) is 0 Å². The number of halogens is 1. The molecule has 3 heteroatoms. The van der Waals surface area contributed by atoms with Crippen LogP contribution < -0.4 is 0 Å². The van der Waals surface area contributed by atoms with E-state index in [-0.39, 0.29) is 18.0 Å². The number of hydrogen-bond donors (Lipinski definition) is 0. The summed E-state index contributed by atoms with van der Waals surface area (Å²) >= 11 is 0. The molecule has 1 unspecified atom stereocenters. The molecule has 98 valence electrons. The van der Waals surface area contributed by atoms with Gasteiger partial charge < -0.3 is 4.74 Å². The zero-order valence-corrected chi connectivity index (χ0v) is 10.5. The van der Waals surface area contributed by atoms with Gasteiger partial charge in [0.25, 0.3) is 0 Å². The fourth-order valence-electron chi connectivity index (χ4n) is 2.34. The van der Waals surface area contributed by atoms with E-state index in [0.29, 0.717) is 18.1 Å². The summed E-state index contributed by atoms with van der Waals surface area (Å²) in [6.45, 7) is 0.855. The average molecular weight is 250 g/mol. The van der Waals surface area contributed by atoms with Crippen molar-refractivity contribution in [3.63, 3.8) is 0 Å². The third-order valence-corrected chi connectivity index (χ3v) is 3.35. The molecule has 1 heterocycles. The second kappa shape index (κ2) is 6.64. The largest absolute Gasteiger partial charge is 0.378 e. The molecule has 18 heavy (non-hydrogen) atoms. The molecule has 0 aromatic heterocycles. The highest BCUT2D eigenvalue weighted by atomic mass is 19.1. The molecule has 0 amide bonds. The number of carbonyl (C=O) groups excluding carboxylic acids is 1. The summed E-state index contributed by atoms with van der Waals surface area (Å²) in [4.78, 5) is 11.7. The van der Waals surface area contributed by atoms with Gasteiger partial charge in [0.2, 0.25) is 0 Å². The van der Waals surface area contributed by atoms with E-state index in [0.717, 1.165) is 32.3 Å². The first-order valence-electron chi connectivity index (χ1n) is 6.62. The predicted molar refractivity (Wildman–Crippen MR) is 67.9 cm³/mol. The summed E-state index contributed by atoms with van der Waals surface area (Å²) in [6.07, 6.45) is 5.11. The van der Waals surface area contributed by atoms with Gasteiger partial charge >= 0.3 is 0 Å². The minimum Gasteiger partial charge on any atom is -0.378 e. The van der Waals surface area contributed by atoms with Crippen LogP contribution in [0, 0.1) is 5.82 Å². The third kappa shape index (κ3) is 3.91. The molecule has 1 aromatic carbocycles. The smallest absolute Gasteiger partial charge is 0.137 e. The van der Waals surface area contributed by atoms with E-state index in [1.807, 2.05) is 0 Å². The normalized spacial score (nSPS) is 19.1. The van der Waals surface area contributed by atoms with Gasteiger partial charge in [-0.2, -0.15) is 0 Å². The van der Waals surface area contributed by atoms with Crippen molar-refractivity contribution < 1.29 is 13.9 Å². The van der Waals surface area contributed by atoms with Gasteiger partial charge in [-0.15, -0.1) is 0 Å². The Kier molecular flexibility index (Phi) is 4.88. The molecular weight excluding hydrogens is 231 g/mol. The number of carbonyl (C=O) groups is 1. The minimum absolute atomic E-state index is 0.109. The van der Waals surface area contributed by atoms with Crippen molar-refractivity contribution in [3.8, 4) is 0 Å². The van der Waals surface area contributed by atoms with Gasteiger partial charge in [0.1, 0.15) is 11.6 Å². The standard InChI is InChI=1S/C15H19FO2/c16-15-9-2-1-5-12(15)11-13(17)6-3-7-14-8-4-10-18-14/h1-2,5,9,14H,3-4,6-8,10-11H2. The third-order valence-electron chi connectivity index (χ3n) is 3.35. The number of ketones is 1. The Balaban J connectivity index is 1.70. The van der Waals surface area contributed by atoms with E-state index >= 15 is 0 Å². The van der Waals surface area contributed by atoms with Crippen molar-refractivity contribution in [2.75, 3.05) is 6.61 Å². The maximum absolute atomic E-state index is 13.3. The molecule has 1 saturated heterocycles. The number of rotatable bonds is 6. The highest BCUT2D eigenvalue weighted by Gasteiger charge is 2.15. The molecule has 0 spiro atoms. The van der Waals surface area contributed by atoms with Gasteiger partial charge in [-0.3, -0.25) is 4.79 Å². The van der Waals surface area contributed by atoms with Crippen molar-refractivity contribution in [3.05, 3.63) is 35.6 Å². The highest BCUT2D eigenvalue weighted by molar-refractivity contribution is 5.80. The predicted octanol–water partition coefficient (Wildman–Crippen LogP) is 3.29. The van der Waals surface area contributed by atoms with Gasteiger partial charge in [0, 0.05) is 19.4 Å². The van der Waals surface area contributed by atoms with Crippen LogP contribution in [0.3, 0.4) is 0 Å². The van der Waals surface area contributed by atoms with Crippen molar-refractivity contribution >= 4 is 5.78 Å². The zero-order chi connectivity index (χ0) is 12.8. The first kappa shape index (κ1) is 13.2. The summed E-state index contributed by atoms with van der Waals surface area (Å²) < 4.78 is 18.8. The van der Waals surface area contributed by atoms with Crippen LogP contribution in [0.25, 0.3) is 0 Å². The Bertz CT molecular complexity index is 397. The second-order valence-corrected chi connectivity index (χ2v) is 4.83. The molecule has 1 aromatic rings. The first-order chi connectivity index (χ1) is 8.75. The lowest BCUT2D eigenvalue weighted by atomic mass is 10.0. The SMILES string of the molecule is O=C(CCCC1CCCO1)Cc1ccccc1F. The number of benzene rings is 1. The van der Waals surface area contributed by atoms with E-state index in [1.165, 1.54) is 6.07 Å². The lowest BCUT2D eigenvalue weighted by Crippen LogP contribution is -2.08. The van der Waals surface area contributed by atoms with Crippen molar-refractivity contribution in [1.29, 1.82) is 0 Å². The summed E-state index contributed by atoms with van der Waals surface area (Å²) in [5.41, 5.74) is 0.500. The van der Waals surface area contributed by atoms with Crippen LogP contribution in [0.4, 0.5) is 4.39 Å². The molecule has 0 saturated carbocycles. The Morgan fingerprint density at radius 3 is 2.94 bits per heavy atom. The summed E-state index contributed by atoms with van der Waals surface area (Å²) in [6, 6.07) is 6.47. The maximum atomic E-state index is 13.3. The molecule has 1 fully saturated rings. The van der Waals surface area contributed by atoms with E-state index in [4.69, 9.17) is 4.74 Å². The fraction of sp³-hybridized carbons (Fsp3) is 0.533. The molecule has 1 aliphatic heterocycles. The molecule has 0 bridgehead atoms. The Labute approximate surface area is 107 Å². The molecular formula is C15H19FO2. The summed E-state index contributed by atoms with van der Waals surface area (Å²) in [5.74, 6) is -0.178. The van der Waals surface area contributed by atoms with Crippen LogP contribution in [-0.4, -0.2) is 18.5 Å². The summed E-state index contributed by atoms with van der Waals surface area (Å²) in [7, 11) is 0. The van der Waals surface area contributed by atoms with Gasteiger partial charge in [0.15, 0.2) is 0 Å². The molecule has 0 aliphatic carbocycles. The van der Waals surface area contributed by atoms with E-state index in [9.17, 15) is 9.18 Å². The van der Waals surface area contributed by atoms with Crippen LogP contribution in [0.5, 0.6) is 0 Å². The molecule has 1 atom stereocenters. The van der Waals surface area contributed by atoms with Crippen LogP contribution in [0.15, 0.2) is 24.3 Å². The average Bonchev–Trinajstić information content (AvgIpc) is 2.85. The molecule has 0 radical (unpaired) electrons. The van der Waals surface area contributed by atoms with Crippen LogP contribution in [-0.2, 0) is 16.0 Å². The van der Waals surface area contributed by atoms with Crippen LogP contribution in [0.1, 0.15) is 37.7 Å². The first-order valence-corrected chi connectivity index (χ1v) is 6.62. The fourth-order valence-corrected chi connectivity index (χ4v) is 2.34. The van der Waals surface area contributed by atoms with Gasteiger partial charge in [0.05, 0.1) is 6.10 Å². The summed E-state index contributed by atoms with van der Waals surface area (Å²) in [5, 5.41) is 0. The lowest BCUT2D eigenvalue weighted by Gasteiger charge is -2.08. The number of Topliss-reactive ketones (excluding diaryl/α,β-unsaturated/α-hetero) is 1. The van der Waals surface area contributed by atoms with Gasteiger partial charge in [-0.05, 0) is 37.3 Å². The molecule has 2 rings (SSSR count). The van der Waals surface area contributed by atoms with Crippen molar-refractivity contribution in [2.24, 2.45) is 0 Å². The molecule has 2 nitrogen and oxygen atoms in total. The Morgan fingerprint density at radius 1 is 1.39 bits per heavy atom. The lowest BCUT2D eigenvalue weighted by molar-refractivity contribution is -0.118. The van der Waals surface area contributed by atoms with Crippen molar-refractivity contribution in [2.45, 2.75) is 44.6 Å². The topological polar surface area (TPSA) is 26.3 Å². The zero-order valence-electron chi connectivity index (χ0n) is 10.5. The maximum Gasteiger partial charge on any atom is 0.137 e. The molecule has 0 N–H and O–H groups in total. The second-order valence-electron chi connectivity index (χ2n) is 4.83. The van der Waals surface area contributed by atoms with E-state index in [1.54, 1.807) is 18.2 Å².